The Morgan fingerprint density at radius 2 is 2.17 bits per heavy atom. The van der Waals surface area contributed by atoms with Gasteiger partial charge in [-0.25, -0.2) is 4.39 Å². The number of ether oxygens (including phenoxy) is 1. The molecule has 3 N–H and O–H groups in total. The number of aliphatic hydroxyl groups is 1. The summed E-state index contributed by atoms with van der Waals surface area (Å²) in [5, 5.41) is 9.25. The van der Waals surface area contributed by atoms with Gasteiger partial charge >= 0.3 is 0 Å². The van der Waals surface area contributed by atoms with Crippen LogP contribution in [-0.2, 0) is 0 Å². The van der Waals surface area contributed by atoms with Gasteiger partial charge < -0.3 is 20.5 Å². The van der Waals surface area contributed by atoms with E-state index in [4.69, 9.17) is 10.5 Å². The van der Waals surface area contributed by atoms with Crippen molar-refractivity contribution in [3.8, 4) is 5.75 Å². The molecule has 0 amide bonds. The SMILES string of the molecule is COc1cc(N(C)CC2CC(O)C2)c(F)cc1N. The molecule has 0 aromatic heterocycles. The van der Waals surface area contributed by atoms with Crippen molar-refractivity contribution >= 4 is 11.4 Å². The lowest BCUT2D eigenvalue weighted by atomic mass is 9.82. The number of rotatable bonds is 4. The van der Waals surface area contributed by atoms with Gasteiger partial charge in [-0.3, -0.25) is 0 Å². The maximum atomic E-state index is 13.8. The predicted octanol–water partition coefficient (Wildman–Crippen LogP) is 1.62. The number of nitrogen functional groups attached to an aromatic ring is 1. The molecular weight excluding hydrogens is 235 g/mol. The fourth-order valence-corrected chi connectivity index (χ4v) is 2.36. The van der Waals surface area contributed by atoms with E-state index in [0.29, 0.717) is 23.0 Å². The Morgan fingerprint density at radius 3 is 2.72 bits per heavy atom. The first-order chi connectivity index (χ1) is 8.51. The summed E-state index contributed by atoms with van der Waals surface area (Å²) in [4.78, 5) is 1.84. The van der Waals surface area contributed by atoms with Gasteiger partial charge in [0, 0.05) is 25.7 Å². The van der Waals surface area contributed by atoms with Gasteiger partial charge in [0.15, 0.2) is 0 Å². The standard InChI is InChI=1S/C13H19FN2O2/c1-16(7-8-3-9(17)4-8)12-6-13(18-2)11(15)5-10(12)14/h5-6,8-9,17H,3-4,7,15H2,1-2H3. The van der Waals surface area contributed by atoms with Crippen LogP contribution >= 0.6 is 0 Å². The van der Waals surface area contributed by atoms with E-state index in [0.717, 1.165) is 19.4 Å². The molecule has 1 fully saturated rings. The Kier molecular flexibility index (Phi) is 3.61. The largest absolute Gasteiger partial charge is 0.495 e. The zero-order valence-electron chi connectivity index (χ0n) is 10.7. The van der Waals surface area contributed by atoms with Crippen LogP contribution in [0.15, 0.2) is 12.1 Å². The third kappa shape index (κ3) is 2.51. The molecule has 0 spiro atoms. The molecule has 5 heteroatoms. The Bertz CT molecular complexity index is 433. The quantitative estimate of drug-likeness (QED) is 0.802. The lowest BCUT2D eigenvalue weighted by molar-refractivity contribution is 0.0464. The summed E-state index contributed by atoms with van der Waals surface area (Å²) in [5.41, 5.74) is 6.41. The number of halogens is 1. The summed E-state index contributed by atoms with van der Waals surface area (Å²) in [6.07, 6.45) is 1.39. The summed E-state index contributed by atoms with van der Waals surface area (Å²) in [6.45, 7) is 0.723. The van der Waals surface area contributed by atoms with Crippen LogP contribution in [0.1, 0.15) is 12.8 Å². The molecule has 2 rings (SSSR count). The van der Waals surface area contributed by atoms with Gasteiger partial charge in [0.05, 0.1) is 24.6 Å². The first-order valence-corrected chi connectivity index (χ1v) is 6.03. The second kappa shape index (κ2) is 5.02. The lowest BCUT2D eigenvalue weighted by Gasteiger charge is -2.35. The van der Waals surface area contributed by atoms with Crippen molar-refractivity contribution < 1.29 is 14.2 Å². The molecule has 0 aliphatic heterocycles. The zero-order valence-corrected chi connectivity index (χ0v) is 10.7. The number of methoxy groups -OCH3 is 1. The highest BCUT2D eigenvalue weighted by atomic mass is 19.1. The van der Waals surface area contributed by atoms with Crippen molar-refractivity contribution in [3.05, 3.63) is 17.9 Å². The van der Waals surface area contributed by atoms with Crippen LogP contribution in [0.4, 0.5) is 15.8 Å². The molecule has 1 aromatic rings. The molecule has 4 nitrogen and oxygen atoms in total. The molecule has 100 valence electrons. The van der Waals surface area contributed by atoms with Gasteiger partial charge in [-0.05, 0) is 18.8 Å². The number of nitrogens with two attached hydrogens (primary N) is 1. The van der Waals surface area contributed by atoms with Gasteiger partial charge in [0.2, 0.25) is 0 Å². The maximum Gasteiger partial charge on any atom is 0.148 e. The predicted molar refractivity (Wildman–Crippen MR) is 69.4 cm³/mol. The normalized spacial score (nSPS) is 22.4. The topological polar surface area (TPSA) is 58.7 Å². The summed E-state index contributed by atoms with van der Waals surface area (Å²) < 4.78 is 18.9. The van der Waals surface area contributed by atoms with E-state index < -0.39 is 0 Å². The summed E-state index contributed by atoms with van der Waals surface area (Å²) in [6, 6.07) is 2.89. The number of nitrogens with zero attached hydrogens (tertiary/aromatic N) is 1. The minimum absolute atomic E-state index is 0.186. The molecule has 1 saturated carbocycles. The first-order valence-electron chi connectivity index (χ1n) is 6.03. The smallest absolute Gasteiger partial charge is 0.148 e. The molecule has 1 aliphatic carbocycles. The Labute approximate surface area is 106 Å². The Morgan fingerprint density at radius 1 is 1.50 bits per heavy atom. The Hall–Kier alpha value is -1.49. The van der Waals surface area contributed by atoms with Gasteiger partial charge in [0.1, 0.15) is 11.6 Å². The number of hydrogen-bond acceptors (Lipinski definition) is 4. The highest BCUT2D eigenvalue weighted by molar-refractivity contribution is 5.63. The second-order valence-corrected chi connectivity index (χ2v) is 4.92. The molecule has 1 aromatic carbocycles. The number of anilines is 2. The van der Waals surface area contributed by atoms with Gasteiger partial charge in [-0.1, -0.05) is 0 Å². The van der Waals surface area contributed by atoms with Crippen molar-refractivity contribution in [1.29, 1.82) is 0 Å². The molecule has 18 heavy (non-hydrogen) atoms. The van der Waals surface area contributed by atoms with Gasteiger partial charge in [0.25, 0.3) is 0 Å². The van der Waals surface area contributed by atoms with E-state index in [9.17, 15) is 9.50 Å². The van der Waals surface area contributed by atoms with E-state index in [-0.39, 0.29) is 11.9 Å². The van der Waals surface area contributed by atoms with Crippen LogP contribution in [0, 0.1) is 11.7 Å². The number of benzene rings is 1. The molecule has 0 unspecified atom stereocenters. The van der Waals surface area contributed by atoms with E-state index in [1.165, 1.54) is 13.2 Å². The molecule has 0 bridgehead atoms. The zero-order chi connectivity index (χ0) is 13.3. The molecule has 0 saturated heterocycles. The van der Waals surface area contributed by atoms with Gasteiger partial charge in [-0.15, -0.1) is 0 Å². The van der Waals surface area contributed by atoms with Crippen LogP contribution in [0.5, 0.6) is 5.75 Å². The minimum atomic E-state index is -0.351. The average molecular weight is 254 g/mol. The van der Waals surface area contributed by atoms with Gasteiger partial charge in [-0.2, -0.15) is 0 Å². The van der Waals surface area contributed by atoms with Crippen molar-refractivity contribution in [1.82, 2.24) is 0 Å². The van der Waals surface area contributed by atoms with Crippen LogP contribution in [-0.4, -0.2) is 31.9 Å². The van der Waals surface area contributed by atoms with Crippen molar-refractivity contribution in [2.24, 2.45) is 5.92 Å². The summed E-state index contributed by atoms with van der Waals surface area (Å²) in [7, 11) is 3.34. The molecule has 1 aliphatic rings. The van der Waals surface area contributed by atoms with Crippen LogP contribution in [0.2, 0.25) is 0 Å². The van der Waals surface area contributed by atoms with Crippen molar-refractivity contribution in [2.75, 3.05) is 31.3 Å². The van der Waals surface area contributed by atoms with E-state index >= 15 is 0 Å². The monoisotopic (exact) mass is 254 g/mol. The van der Waals surface area contributed by atoms with Crippen LogP contribution in [0.25, 0.3) is 0 Å². The third-order valence-electron chi connectivity index (χ3n) is 3.45. The fourth-order valence-electron chi connectivity index (χ4n) is 2.36. The molecule has 0 radical (unpaired) electrons. The maximum absolute atomic E-state index is 13.8. The average Bonchev–Trinajstić information content (AvgIpc) is 2.27. The van der Waals surface area contributed by atoms with Crippen molar-refractivity contribution in [2.45, 2.75) is 18.9 Å². The summed E-state index contributed by atoms with van der Waals surface area (Å²) in [5.74, 6) is 0.551. The second-order valence-electron chi connectivity index (χ2n) is 4.92. The third-order valence-corrected chi connectivity index (χ3v) is 3.45. The first kappa shape index (κ1) is 13.0. The number of hydrogen-bond donors (Lipinski definition) is 2. The fraction of sp³-hybridized carbons (Fsp3) is 0.538. The number of aliphatic hydroxyl groups excluding tert-OH is 1. The highest BCUT2D eigenvalue weighted by Crippen LogP contribution is 2.33. The van der Waals surface area contributed by atoms with E-state index in [1.807, 2.05) is 11.9 Å². The van der Waals surface area contributed by atoms with Crippen LogP contribution in [0.3, 0.4) is 0 Å². The van der Waals surface area contributed by atoms with Crippen molar-refractivity contribution in [3.63, 3.8) is 0 Å². The molecular formula is C13H19FN2O2. The van der Waals surface area contributed by atoms with E-state index in [1.54, 1.807) is 6.07 Å². The Balaban J connectivity index is 2.11. The van der Waals surface area contributed by atoms with Crippen LogP contribution < -0.4 is 15.4 Å². The summed E-state index contributed by atoms with van der Waals surface area (Å²) >= 11 is 0. The van der Waals surface area contributed by atoms with E-state index in [2.05, 4.69) is 0 Å². The molecule has 0 atom stereocenters. The molecule has 0 heterocycles. The minimum Gasteiger partial charge on any atom is -0.495 e. The highest BCUT2D eigenvalue weighted by Gasteiger charge is 2.28. The lowest BCUT2D eigenvalue weighted by Crippen LogP contribution is -2.37.